The number of H-pyrrole nitrogens is 1. The van der Waals surface area contributed by atoms with E-state index in [1.807, 2.05) is 0 Å². The van der Waals surface area contributed by atoms with Crippen molar-refractivity contribution >= 4 is 46.3 Å². The highest BCUT2D eigenvalue weighted by molar-refractivity contribution is 7.71. The van der Waals surface area contributed by atoms with Crippen LogP contribution in [-0.2, 0) is 0 Å². The number of anilines is 1. The van der Waals surface area contributed by atoms with Crippen LogP contribution < -0.4 is 20.6 Å². The molecule has 10 nitrogen and oxygen atoms in total. The molecule has 0 fully saturated rings. The van der Waals surface area contributed by atoms with Gasteiger partial charge in [-0.2, -0.15) is 14.9 Å². The van der Waals surface area contributed by atoms with E-state index in [0.717, 1.165) is 0 Å². The van der Waals surface area contributed by atoms with Crippen LogP contribution in [0.4, 0.5) is 5.88 Å². The van der Waals surface area contributed by atoms with Crippen molar-refractivity contribution in [3.05, 3.63) is 38.7 Å². The first kappa shape index (κ1) is 17.8. The molecule has 0 amide bonds. The fraction of sp³-hybridized carbons (Fsp3) is 0.176. The lowest BCUT2D eigenvalue weighted by Crippen LogP contribution is -2.14. The maximum Gasteiger partial charge on any atom is 0.216 e. The van der Waals surface area contributed by atoms with Gasteiger partial charge in [0.15, 0.2) is 11.2 Å². The van der Waals surface area contributed by atoms with E-state index in [2.05, 4.69) is 15.3 Å². The van der Waals surface area contributed by atoms with Gasteiger partial charge in [0, 0.05) is 0 Å². The summed E-state index contributed by atoms with van der Waals surface area (Å²) in [7, 11) is 2.89. The van der Waals surface area contributed by atoms with Gasteiger partial charge in [-0.1, -0.05) is 0 Å². The lowest BCUT2D eigenvalue weighted by molar-refractivity contribution is 0.401. The van der Waals surface area contributed by atoms with Crippen molar-refractivity contribution in [3.63, 3.8) is 0 Å². The zero-order valence-corrected chi connectivity index (χ0v) is 15.9. The second-order valence-electron chi connectivity index (χ2n) is 5.78. The minimum atomic E-state index is -0.437. The fourth-order valence-corrected chi connectivity index (χ4v) is 3.20. The van der Waals surface area contributed by atoms with Gasteiger partial charge in [0.25, 0.3) is 0 Å². The van der Waals surface area contributed by atoms with Crippen LogP contribution in [-0.4, -0.2) is 35.3 Å². The van der Waals surface area contributed by atoms with Crippen molar-refractivity contribution in [1.82, 2.24) is 14.9 Å². The number of ether oxygens (including phenoxy) is 2. The van der Waals surface area contributed by atoms with Crippen LogP contribution in [0.15, 0.2) is 31.1 Å². The molecule has 1 aromatic carbocycles. The SMILES string of the molecule is COc1c2occc2c(OC)c2c(=O)c(/C=N/n3c(C)n[nH]c3=S)c(N)oc12. The highest BCUT2D eigenvalue weighted by Crippen LogP contribution is 2.42. The molecule has 0 saturated heterocycles. The van der Waals surface area contributed by atoms with E-state index in [9.17, 15) is 4.79 Å². The number of aromatic nitrogens is 3. The van der Waals surface area contributed by atoms with Gasteiger partial charge >= 0.3 is 0 Å². The predicted octanol–water partition coefficient (Wildman–Crippen LogP) is 2.58. The van der Waals surface area contributed by atoms with Crippen molar-refractivity contribution in [2.75, 3.05) is 20.0 Å². The number of nitrogens with one attached hydrogen (secondary N) is 1. The largest absolute Gasteiger partial charge is 0.495 e. The maximum absolute atomic E-state index is 13.2. The Balaban J connectivity index is 2.06. The number of methoxy groups -OCH3 is 2. The van der Waals surface area contributed by atoms with E-state index in [-0.39, 0.29) is 32.9 Å². The van der Waals surface area contributed by atoms with Crippen LogP contribution in [0, 0.1) is 11.7 Å². The van der Waals surface area contributed by atoms with E-state index in [1.54, 1.807) is 13.0 Å². The predicted molar refractivity (Wildman–Crippen MR) is 105 cm³/mol. The first-order valence-corrected chi connectivity index (χ1v) is 8.44. The van der Waals surface area contributed by atoms with Crippen molar-refractivity contribution in [3.8, 4) is 11.5 Å². The number of rotatable bonds is 4. The van der Waals surface area contributed by atoms with Crippen LogP contribution in [0.3, 0.4) is 0 Å². The smallest absolute Gasteiger partial charge is 0.216 e. The first-order chi connectivity index (χ1) is 13.5. The summed E-state index contributed by atoms with van der Waals surface area (Å²) in [6.07, 6.45) is 2.73. The summed E-state index contributed by atoms with van der Waals surface area (Å²) >= 11 is 5.10. The van der Waals surface area contributed by atoms with Crippen LogP contribution >= 0.6 is 12.2 Å². The monoisotopic (exact) mass is 401 g/mol. The van der Waals surface area contributed by atoms with E-state index in [1.165, 1.54) is 31.4 Å². The Kier molecular flexibility index (Phi) is 4.15. The summed E-state index contributed by atoms with van der Waals surface area (Å²) in [5.41, 5.74) is 6.11. The number of benzene rings is 1. The van der Waals surface area contributed by atoms with Crippen molar-refractivity contribution < 1.29 is 18.3 Å². The lowest BCUT2D eigenvalue weighted by Gasteiger charge is -2.11. The molecule has 3 aromatic heterocycles. The third-order valence-electron chi connectivity index (χ3n) is 4.25. The van der Waals surface area contributed by atoms with Crippen molar-refractivity contribution in [2.45, 2.75) is 6.92 Å². The third-order valence-corrected chi connectivity index (χ3v) is 4.51. The van der Waals surface area contributed by atoms with Gasteiger partial charge < -0.3 is 24.0 Å². The molecule has 0 aliphatic carbocycles. The van der Waals surface area contributed by atoms with Gasteiger partial charge in [-0.05, 0) is 25.2 Å². The molecule has 28 heavy (non-hydrogen) atoms. The number of fused-ring (bicyclic) bond motifs is 2. The molecule has 3 N–H and O–H groups in total. The summed E-state index contributed by atoms with van der Waals surface area (Å²) in [6, 6.07) is 1.67. The molecule has 0 unspecified atom stereocenters. The normalized spacial score (nSPS) is 11.7. The Labute approximate surface area is 162 Å². The minimum absolute atomic E-state index is 0.0400. The summed E-state index contributed by atoms with van der Waals surface area (Å²) in [6.45, 7) is 1.71. The van der Waals surface area contributed by atoms with Gasteiger partial charge in [-0.25, -0.2) is 0 Å². The standard InChI is InChI=1S/C17H15N5O5S/c1-7-20-21-17(28)22(7)19-6-9-11(23)10-12(24-2)8-4-5-26-13(8)15(25-3)14(10)27-16(9)18/h4-6H,18H2,1-3H3,(H,21,28)/b19-6+. The number of hydrogen-bond donors (Lipinski definition) is 2. The molecule has 4 rings (SSSR count). The molecular formula is C17H15N5O5S. The summed E-state index contributed by atoms with van der Waals surface area (Å²) in [4.78, 5) is 13.2. The molecule has 11 heteroatoms. The fourth-order valence-electron chi connectivity index (χ4n) is 2.97. The minimum Gasteiger partial charge on any atom is -0.495 e. The maximum atomic E-state index is 13.2. The molecule has 3 heterocycles. The molecule has 0 spiro atoms. The van der Waals surface area contributed by atoms with E-state index < -0.39 is 5.43 Å². The number of aryl methyl sites for hydroxylation is 1. The van der Waals surface area contributed by atoms with Crippen LogP contribution in [0.5, 0.6) is 11.5 Å². The Bertz CT molecular complexity index is 1360. The Hall–Kier alpha value is -3.60. The van der Waals surface area contributed by atoms with Gasteiger partial charge in [0.2, 0.25) is 21.8 Å². The zero-order valence-electron chi connectivity index (χ0n) is 15.1. The van der Waals surface area contributed by atoms with Crippen LogP contribution in [0.2, 0.25) is 0 Å². The summed E-state index contributed by atoms with van der Waals surface area (Å²) in [5.74, 6) is 0.916. The Morgan fingerprint density at radius 3 is 2.71 bits per heavy atom. The Morgan fingerprint density at radius 1 is 1.32 bits per heavy atom. The highest BCUT2D eigenvalue weighted by Gasteiger charge is 2.24. The molecule has 0 saturated carbocycles. The first-order valence-electron chi connectivity index (χ1n) is 8.03. The number of nitrogens with zero attached hydrogens (tertiary/aromatic N) is 3. The van der Waals surface area contributed by atoms with Gasteiger partial charge in [-0.15, -0.1) is 0 Å². The topological polar surface area (TPSA) is 134 Å². The number of nitrogens with two attached hydrogens (primary N) is 1. The number of nitrogen functional groups attached to an aromatic ring is 1. The average molecular weight is 401 g/mol. The molecule has 144 valence electrons. The van der Waals surface area contributed by atoms with Crippen molar-refractivity contribution in [1.29, 1.82) is 0 Å². The zero-order chi connectivity index (χ0) is 20.0. The third kappa shape index (κ3) is 2.47. The quantitative estimate of drug-likeness (QED) is 0.394. The molecular weight excluding hydrogens is 386 g/mol. The van der Waals surface area contributed by atoms with Crippen LogP contribution in [0.25, 0.3) is 21.9 Å². The molecule has 4 aromatic rings. The highest BCUT2D eigenvalue weighted by atomic mass is 32.1. The van der Waals surface area contributed by atoms with E-state index >= 15 is 0 Å². The average Bonchev–Trinajstić information content (AvgIpc) is 3.27. The number of furan rings is 1. The lowest BCUT2D eigenvalue weighted by atomic mass is 10.1. The number of hydrogen-bond acceptors (Lipinski definition) is 9. The summed E-state index contributed by atoms with van der Waals surface area (Å²) in [5, 5.41) is 11.5. The molecule has 0 radical (unpaired) electrons. The van der Waals surface area contributed by atoms with Gasteiger partial charge in [0.1, 0.15) is 22.5 Å². The summed E-state index contributed by atoms with van der Waals surface area (Å²) < 4.78 is 23.7. The molecule has 0 bridgehead atoms. The van der Waals surface area contributed by atoms with E-state index in [0.29, 0.717) is 22.5 Å². The van der Waals surface area contributed by atoms with Crippen molar-refractivity contribution in [2.24, 2.45) is 5.10 Å². The number of aromatic amines is 1. The molecule has 0 aliphatic rings. The molecule has 0 atom stereocenters. The van der Waals surface area contributed by atoms with Gasteiger partial charge in [-0.3, -0.25) is 9.89 Å². The van der Waals surface area contributed by atoms with E-state index in [4.69, 9.17) is 36.3 Å². The molecule has 0 aliphatic heterocycles. The second kappa shape index (κ2) is 6.53. The second-order valence-corrected chi connectivity index (χ2v) is 6.16. The Morgan fingerprint density at radius 2 is 2.07 bits per heavy atom. The van der Waals surface area contributed by atoms with Crippen LogP contribution in [0.1, 0.15) is 11.4 Å². The van der Waals surface area contributed by atoms with Gasteiger partial charge in [0.05, 0.1) is 32.1 Å².